The highest BCUT2D eigenvalue weighted by molar-refractivity contribution is 7.93. The molecule has 1 N–H and O–H groups in total. The number of nitro groups is 1. The van der Waals surface area contributed by atoms with Crippen molar-refractivity contribution in [3.63, 3.8) is 0 Å². The SMILES string of the molecule is O=[N+]([O-])c1cccc(CS(=O)(=O)c2ccccc2NS(=O)(=O)c2cc3ccccc3o2)c1. The topological polar surface area (TPSA) is 137 Å². The molecule has 0 radical (unpaired) electrons. The van der Waals surface area contributed by atoms with Gasteiger partial charge in [0.2, 0.25) is 5.09 Å². The lowest BCUT2D eigenvalue weighted by Gasteiger charge is -2.12. The Morgan fingerprint density at radius 3 is 2.34 bits per heavy atom. The van der Waals surface area contributed by atoms with Crippen molar-refractivity contribution in [1.29, 1.82) is 0 Å². The molecule has 1 aromatic heterocycles. The van der Waals surface area contributed by atoms with E-state index in [9.17, 15) is 26.9 Å². The number of furan rings is 1. The first-order valence-corrected chi connectivity index (χ1v) is 12.4. The lowest BCUT2D eigenvalue weighted by molar-refractivity contribution is -0.384. The number of benzene rings is 3. The Hall–Kier alpha value is -3.70. The van der Waals surface area contributed by atoms with E-state index < -0.39 is 30.5 Å². The molecule has 0 fully saturated rings. The molecule has 4 rings (SSSR count). The van der Waals surface area contributed by atoms with Crippen LogP contribution in [0.4, 0.5) is 11.4 Å². The molecule has 11 heteroatoms. The van der Waals surface area contributed by atoms with Crippen molar-refractivity contribution in [3.05, 3.63) is 94.5 Å². The van der Waals surface area contributed by atoms with E-state index in [2.05, 4.69) is 4.72 Å². The highest BCUT2D eigenvalue weighted by atomic mass is 32.2. The quantitative estimate of drug-likeness (QED) is 0.315. The van der Waals surface area contributed by atoms with Crippen LogP contribution in [0.1, 0.15) is 5.56 Å². The fourth-order valence-corrected chi connectivity index (χ4v) is 5.79. The maximum absolute atomic E-state index is 13.0. The molecule has 0 unspecified atom stereocenters. The molecule has 32 heavy (non-hydrogen) atoms. The standard InChI is InChI=1S/C21H16N2O7S2/c24-23(25)17-8-5-6-15(12-17)14-31(26,27)20-11-4-2-9-18(20)22-32(28,29)21-13-16-7-1-3-10-19(16)30-21/h1-13,22H,14H2. The van der Waals surface area contributed by atoms with Crippen molar-refractivity contribution in [2.75, 3.05) is 4.72 Å². The summed E-state index contributed by atoms with van der Waals surface area (Å²) in [5, 5.41) is 11.2. The number of non-ortho nitro benzene ring substituents is 1. The minimum absolute atomic E-state index is 0.154. The normalized spacial score (nSPS) is 12.0. The van der Waals surface area contributed by atoms with Crippen LogP contribution in [0.5, 0.6) is 0 Å². The van der Waals surface area contributed by atoms with E-state index in [0.29, 0.717) is 11.0 Å². The third-order valence-corrected chi connectivity index (χ3v) is 7.57. The van der Waals surface area contributed by atoms with Gasteiger partial charge in [0.25, 0.3) is 15.7 Å². The second kappa shape index (κ2) is 8.09. The zero-order valence-electron chi connectivity index (χ0n) is 16.3. The highest BCUT2D eigenvalue weighted by Crippen LogP contribution is 2.29. The summed E-state index contributed by atoms with van der Waals surface area (Å²) < 4.78 is 59.5. The van der Waals surface area contributed by atoms with Crippen LogP contribution in [-0.2, 0) is 25.6 Å². The van der Waals surface area contributed by atoms with Crippen LogP contribution >= 0.6 is 0 Å². The van der Waals surface area contributed by atoms with Gasteiger partial charge >= 0.3 is 0 Å². The first kappa shape index (κ1) is 21.5. The van der Waals surface area contributed by atoms with Gasteiger partial charge < -0.3 is 4.42 Å². The number of hydrogen-bond donors (Lipinski definition) is 1. The summed E-state index contributed by atoms with van der Waals surface area (Å²) in [6.45, 7) is 0. The molecule has 0 aliphatic rings. The molecule has 9 nitrogen and oxygen atoms in total. The molecule has 0 aliphatic carbocycles. The molecule has 0 bridgehead atoms. The van der Waals surface area contributed by atoms with Crippen LogP contribution in [0.2, 0.25) is 0 Å². The van der Waals surface area contributed by atoms with Gasteiger partial charge in [-0.3, -0.25) is 14.8 Å². The van der Waals surface area contributed by atoms with Gasteiger partial charge in [0.05, 0.1) is 21.3 Å². The highest BCUT2D eigenvalue weighted by Gasteiger charge is 2.25. The summed E-state index contributed by atoms with van der Waals surface area (Å²) in [5.74, 6) is -0.544. The first-order valence-electron chi connectivity index (χ1n) is 9.22. The van der Waals surface area contributed by atoms with Gasteiger partial charge in [-0.15, -0.1) is 0 Å². The molecule has 1 heterocycles. The average Bonchev–Trinajstić information content (AvgIpc) is 3.19. The van der Waals surface area contributed by atoms with Crippen molar-refractivity contribution in [2.45, 2.75) is 15.7 Å². The molecule has 0 spiro atoms. The van der Waals surface area contributed by atoms with E-state index in [4.69, 9.17) is 4.42 Å². The molecule has 0 saturated carbocycles. The summed E-state index contributed by atoms with van der Waals surface area (Å²) in [6, 6.07) is 18.9. The van der Waals surface area contributed by atoms with Crippen LogP contribution in [0.25, 0.3) is 11.0 Å². The van der Waals surface area contributed by atoms with Crippen molar-refractivity contribution in [1.82, 2.24) is 0 Å². The third-order valence-electron chi connectivity index (χ3n) is 4.61. The molecule has 4 aromatic rings. The number of sulfonamides is 1. The number of sulfone groups is 1. The predicted octanol–water partition coefficient (Wildman–Crippen LogP) is 4.12. The second-order valence-corrected chi connectivity index (χ2v) is 10.5. The van der Waals surface area contributed by atoms with E-state index in [1.165, 1.54) is 54.6 Å². The van der Waals surface area contributed by atoms with Gasteiger partial charge in [0.1, 0.15) is 5.58 Å². The Morgan fingerprint density at radius 1 is 0.875 bits per heavy atom. The fraction of sp³-hybridized carbons (Fsp3) is 0.0476. The van der Waals surface area contributed by atoms with E-state index in [1.807, 2.05) is 0 Å². The van der Waals surface area contributed by atoms with Crippen LogP contribution < -0.4 is 4.72 Å². The molecule has 0 saturated heterocycles. The zero-order chi connectivity index (χ0) is 22.9. The first-order chi connectivity index (χ1) is 15.2. The minimum Gasteiger partial charge on any atom is -0.443 e. The lowest BCUT2D eigenvalue weighted by atomic mass is 10.2. The summed E-state index contributed by atoms with van der Waals surface area (Å²) >= 11 is 0. The number of rotatable bonds is 7. The molecular weight excluding hydrogens is 456 g/mol. The number of anilines is 1. The molecule has 0 amide bonds. The van der Waals surface area contributed by atoms with Gasteiger partial charge in [0, 0.05) is 23.6 Å². The van der Waals surface area contributed by atoms with Crippen LogP contribution in [-0.4, -0.2) is 21.8 Å². The number of fused-ring (bicyclic) bond motifs is 1. The summed E-state index contributed by atoms with van der Waals surface area (Å²) in [4.78, 5) is 10.1. The summed E-state index contributed by atoms with van der Waals surface area (Å²) in [7, 11) is -8.26. The van der Waals surface area contributed by atoms with Crippen molar-refractivity contribution in [2.24, 2.45) is 0 Å². The number of nitrogens with zero attached hydrogens (tertiary/aromatic N) is 1. The van der Waals surface area contributed by atoms with Gasteiger partial charge in [-0.1, -0.05) is 42.5 Å². The Kier molecular flexibility index (Phi) is 5.45. The van der Waals surface area contributed by atoms with Gasteiger partial charge in [0.15, 0.2) is 9.84 Å². The Bertz CT molecular complexity index is 1510. The Labute approximate surface area is 183 Å². The average molecular weight is 473 g/mol. The van der Waals surface area contributed by atoms with Crippen LogP contribution in [0, 0.1) is 10.1 Å². The molecule has 3 aromatic carbocycles. The second-order valence-electron chi connectivity index (χ2n) is 6.89. The largest absolute Gasteiger partial charge is 0.443 e. The smallest absolute Gasteiger partial charge is 0.295 e. The minimum atomic E-state index is -4.22. The predicted molar refractivity (Wildman–Crippen MR) is 117 cm³/mol. The molecule has 164 valence electrons. The molecule has 0 aliphatic heterocycles. The van der Waals surface area contributed by atoms with Crippen LogP contribution in [0.3, 0.4) is 0 Å². The van der Waals surface area contributed by atoms with E-state index >= 15 is 0 Å². The molecular formula is C21H16N2O7S2. The van der Waals surface area contributed by atoms with Gasteiger partial charge in [-0.25, -0.2) is 8.42 Å². The van der Waals surface area contributed by atoms with E-state index in [1.54, 1.807) is 24.3 Å². The van der Waals surface area contributed by atoms with Crippen molar-refractivity contribution >= 4 is 42.2 Å². The molecule has 0 atom stereocenters. The van der Waals surface area contributed by atoms with Crippen LogP contribution in [0.15, 0.2) is 93.3 Å². The van der Waals surface area contributed by atoms with Crippen molar-refractivity contribution < 1.29 is 26.2 Å². The summed E-state index contributed by atoms with van der Waals surface area (Å²) in [5.41, 5.74) is 0.184. The number of nitro benzene ring substituents is 1. The van der Waals surface area contributed by atoms with E-state index in [0.717, 1.165) is 0 Å². The fourth-order valence-electron chi connectivity index (χ4n) is 3.16. The number of hydrogen-bond acceptors (Lipinski definition) is 7. The lowest BCUT2D eigenvalue weighted by Crippen LogP contribution is -2.15. The number of nitrogens with one attached hydrogen (secondary N) is 1. The monoisotopic (exact) mass is 472 g/mol. The van der Waals surface area contributed by atoms with Gasteiger partial charge in [-0.2, -0.15) is 8.42 Å². The van der Waals surface area contributed by atoms with Crippen molar-refractivity contribution in [3.8, 4) is 0 Å². The third kappa shape index (κ3) is 4.34. The van der Waals surface area contributed by atoms with E-state index in [-0.39, 0.29) is 26.9 Å². The Morgan fingerprint density at radius 2 is 1.59 bits per heavy atom. The summed E-state index contributed by atoms with van der Waals surface area (Å²) in [6.07, 6.45) is 0. The number of para-hydroxylation sites is 2. The zero-order valence-corrected chi connectivity index (χ0v) is 18.0. The maximum atomic E-state index is 13.0. The van der Waals surface area contributed by atoms with Gasteiger partial charge in [-0.05, 0) is 23.8 Å². The Balaban J connectivity index is 1.67. The maximum Gasteiger partial charge on any atom is 0.295 e.